The molecule has 1 fully saturated rings. The van der Waals surface area contributed by atoms with Gasteiger partial charge in [0.05, 0.1) is 6.54 Å². The fraction of sp³-hybridized carbons (Fsp3) is 0.600. The summed E-state index contributed by atoms with van der Waals surface area (Å²) in [6.45, 7) is 3.71. The number of carbonyl (C=O) groups is 2. The zero-order valence-electron chi connectivity index (χ0n) is 12.5. The van der Waals surface area contributed by atoms with Gasteiger partial charge in [0.1, 0.15) is 5.69 Å². The summed E-state index contributed by atoms with van der Waals surface area (Å²) < 4.78 is 0. The number of rotatable bonds is 6. The van der Waals surface area contributed by atoms with E-state index in [0.717, 1.165) is 25.8 Å². The first-order valence-electron chi connectivity index (χ1n) is 7.57. The molecular weight excluding hydrogens is 268 g/mol. The van der Waals surface area contributed by atoms with Gasteiger partial charge in [-0.15, -0.1) is 0 Å². The molecule has 1 aromatic heterocycles. The third-order valence-electron chi connectivity index (χ3n) is 4.24. The van der Waals surface area contributed by atoms with E-state index in [4.69, 9.17) is 5.73 Å². The van der Waals surface area contributed by atoms with E-state index in [-0.39, 0.29) is 18.4 Å². The first-order chi connectivity index (χ1) is 10.2. The molecule has 0 saturated heterocycles. The number of likely N-dealkylation sites (N-methyl/N-ethyl adjacent to an activating group) is 1. The van der Waals surface area contributed by atoms with Crippen molar-refractivity contribution in [2.24, 2.45) is 11.7 Å². The van der Waals surface area contributed by atoms with Crippen molar-refractivity contribution in [1.29, 1.82) is 0 Å². The van der Waals surface area contributed by atoms with Crippen LogP contribution >= 0.6 is 0 Å². The molecule has 2 unspecified atom stereocenters. The van der Waals surface area contributed by atoms with Crippen LogP contribution in [0, 0.1) is 5.92 Å². The number of aromatic amines is 1. The molecule has 6 nitrogen and oxygen atoms in total. The summed E-state index contributed by atoms with van der Waals surface area (Å²) in [5, 5.41) is 2.42. The first kappa shape index (κ1) is 15.7. The minimum absolute atomic E-state index is 0.240. The van der Waals surface area contributed by atoms with Crippen molar-refractivity contribution in [3.05, 3.63) is 24.0 Å². The summed E-state index contributed by atoms with van der Waals surface area (Å²) in [7, 11) is 0. The van der Waals surface area contributed by atoms with Crippen molar-refractivity contribution in [2.75, 3.05) is 19.6 Å². The molecule has 0 spiro atoms. The molecule has 6 heteroatoms. The third kappa shape index (κ3) is 3.92. The number of hydrogen-bond acceptors (Lipinski definition) is 4. The number of imide groups is 1. The average molecular weight is 292 g/mol. The van der Waals surface area contributed by atoms with E-state index in [2.05, 4.69) is 15.2 Å². The van der Waals surface area contributed by atoms with Gasteiger partial charge in [0.15, 0.2) is 0 Å². The van der Waals surface area contributed by atoms with Crippen molar-refractivity contribution in [3.8, 4) is 0 Å². The lowest BCUT2D eigenvalue weighted by molar-refractivity contribution is -0.122. The van der Waals surface area contributed by atoms with Crippen molar-refractivity contribution < 1.29 is 9.59 Å². The van der Waals surface area contributed by atoms with Crippen molar-refractivity contribution in [2.45, 2.75) is 32.2 Å². The molecule has 0 bridgehead atoms. The second-order valence-corrected chi connectivity index (χ2v) is 5.52. The molecule has 0 aromatic carbocycles. The molecule has 2 amide bonds. The SMILES string of the molecule is CCN(CC(=O)NC(=O)c1ccc[nH]1)C1CCCC1CN. The van der Waals surface area contributed by atoms with Gasteiger partial charge >= 0.3 is 0 Å². The fourth-order valence-corrected chi connectivity index (χ4v) is 3.13. The van der Waals surface area contributed by atoms with Gasteiger partial charge in [-0.05, 0) is 44.0 Å². The number of H-pyrrole nitrogens is 1. The van der Waals surface area contributed by atoms with E-state index in [1.807, 2.05) is 6.92 Å². The fourth-order valence-electron chi connectivity index (χ4n) is 3.13. The molecule has 2 rings (SSSR count). The van der Waals surface area contributed by atoms with Gasteiger partial charge in [0, 0.05) is 12.2 Å². The molecule has 1 aliphatic rings. The van der Waals surface area contributed by atoms with Crippen molar-refractivity contribution in [3.63, 3.8) is 0 Å². The van der Waals surface area contributed by atoms with Crippen LogP contribution in [0.3, 0.4) is 0 Å². The second kappa shape index (κ2) is 7.38. The maximum atomic E-state index is 12.1. The maximum Gasteiger partial charge on any atom is 0.274 e. The van der Waals surface area contributed by atoms with Crippen LogP contribution in [0.2, 0.25) is 0 Å². The Morgan fingerprint density at radius 1 is 1.48 bits per heavy atom. The number of hydrogen-bond donors (Lipinski definition) is 3. The summed E-state index contributed by atoms with van der Waals surface area (Å²) >= 11 is 0. The van der Waals surface area contributed by atoms with Gasteiger partial charge < -0.3 is 10.7 Å². The Balaban J connectivity index is 1.89. The molecular formula is C15H24N4O2. The Morgan fingerprint density at radius 2 is 2.29 bits per heavy atom. The van der Waals surface area contributed by atoms with E-state index in [9.17, 15) is 9.59 Å². The quantitative estimate of drug-likeness (QED) is 0.720. The largest absolute Gasteiger partial charge is 0.357 e. The molecule has 1 aliphatic carbocycles. The lowest BCUT2D eigenvalue weighted by Crippen LogP contribution is -2.46. The summed E-state index contributed by atoms with van der Waals surface area (Å²) in [5.74, 6) is -0.196. The summed E-state index contributed by atoms with van der Waals surface area (Å²) in [4.78, 5) is 28.8. The van der Waals surface area contributed by atoms with Crippen LogP contribution in [0.4, 0.5) is 0 Å². The van der Waals surface area contributed by atoms with E-state index >= 15 is 0 Å². The molecule has 1 heterocycles. The van der Waals surface area contributed by atoms with E-state index in [1.165, 1.54) is 0 Å². The van der Waals surface area contributed by atoms with Gasteiger partial charge in [-0.1, -0.05) is 13.3 Å². The standard InChI is InChI=1S/C15H24N4O2/c1-2-19(13-7-3-5-11(13)9-16)10-14(20)18-15(21)12-6-4-8-17-12/h4,6,8,11,13,17H,2-3,5,7,9-10,16H2,1H3,(H,18,20,21). The lowest BCUT2D eigenvalue weighted by atomic mass is 10.0. The summed E-state index contributed by atoms with van der Waals surface area (Å²) in [6, 6.07) is 3.72. The zero-order valence-corrected chi connectivity index (χ0v) is 12.5. The van der Waals surface area contributed by atoms with Crippen LogP contribution < -0.4 is 11.1 Å². The number of aromatic nitrogens is 1. The van der Waals surface area contributed by atoms with Crippen LogP contribution in [0.15, 0.2) is 18.3 Å². The Kier molecular flexibility index (Phi) is 5.52. The number of amides is 2. The average Bonchev–Trinajstić information content (AvgIpc) is 3.15. The Hall–Kier alpha value is -1.66. The predicted octanol–water partition coefficient (Wildman–Crippen LogP) is 0.720. The van der Waals surface area contributed by atoms with Gasteiger partial charge in [-0.2, -0.15) is 0 Å². The lowest BCUT2D eigenvalue weighted by Gasteiger charge is -2.31. The van der Waals surface area contributed by atoms with Crippen LogP contribution in [-0.4, -0.2) is 47.4 Å². The molecule has 4 N–H and O–H groups in total. The minimum Gasteiger partial charge on any atom is -0.357 e. The van der Waals surface area contributed by atoms with Crippen LogP contribution in [-0.2, 0) is 4.79 Å². The Labute approximate surface area is 125 Å². The Bertz CT molecular complexity index is 472. The topological polar surface area (TPSA) is 91.2 Å². The summed E-state index contributed by atoms with van der Waals surface area (Å²) in [5.41, 5.74) is 6.20. The number of nitrogens with two attached hydrogens (primary N) is 1. The molecule has 116 valence electrons. The van der Waals surface area contributed by atoms with Crippen LogP contribution in [0.5, 0.6) is 0 Å². The van der Waals surface area contributed by atoms with E-state index in [0.29, 0.717) is 24.2 Å². The zero-order chi connectivity index (χ0) is 15.2. The molecule has 21 heavy (non-hydrogen) atoms. The van der Waals surface area contributed by atoms with E-state index in [1.54, 1.807) is 18.3 Å². The van der Waals surface area contributed by atoms with Gasteiger partial charge in [0.25, 0.3) is 5.91 Å². The monoisotopic (exact) mass is 292 g/mol. The molecule has 1 saturated carbocycles. The minimum atomic E-state index is -0.386. The number of carbonyl (C=O) groups excluding carboxylic acids is 2. The maximum absolute atomic E-state index is 12.1. The Morgan fingerprint density at radius 3 is 2.90 bits per heavy atom. The van der Waals surface area contributed by atoms with Crippen LogP contribution in [0.25, 0.3) is 0 Å². The molecule has 2 atom stereocenters. The molecule has 0 aliphatic heterocycles. The number of nitrogens with one attached hydrogen (secondary N) is 2. The number of nitrogens with zero attached hydrogens (tertiary/aromatic N) is 1. The van der Waals surface area contributed by atoms with Gasteiger partial charge in [0.2, 0.25) is 5.91 Å². The normalized spacial score (nSPS) is 21.7. The van der Waals surface area contributed by atoms with Crippen LogP contribution in [0.1, 0.15) is 36.7 Å². The first-order valence-corrected chi connectivity index (χ1v) is 7.57. The second-order valence-electron chi connectivity index (χ2n) is 5.52. The van der Waals surface area contributed by atoms with Crippen molar-refractivity contribution >= 4 is 11.8 Å². The molecule has 1 aromatic rings. The predicted molar refractivity (Wildman–Crippen MR) is 80.7 cm³/mol. The highest BCUT2D eigenvalue weighted by Crippen LogP contribution is 2.28. The highest BCUT2D eigenvalue weighted by atomic mass is 16.2. The highest BCUT2D eigenvalue weighted by Gasteiger charge is 2.31. The highest BCUT2D eigenvalue weighted by molar-refractivity contribution is 6.04. The van der Waals surface area contributed by atoms with Crippen molar-refractivity contribution in [1.82, 2.24) is 15.2 Å². The van der Waals surface area contributed by atoms with Gasteiger partial charge in [-0.3, -0.25) is 19.8 Å². The molecule has 0 radical (unpaired) electrons. The van der Waals surface area contributed by atoms with E-state index < -0.39 is 0 Å². The summed E-state index contributed by atoms with van der Waals surface area (Å²) in [6.07, 6.45) is 5.02. The third-order valence-corrected chi connectivity index (χ3v) is 4.24. The van der Waals surface area contributed by atoms with Gasteiger partial charge in [-0.25, -0.2) is 0 Å². The smallest absolute Gasteiger partial charge is 0.274 e.